The number of likely N-dealkylation sites (N-methyl/N-ethyl adjacent to an activating group) is 1. The molecule has 9 heteroatoms. The number of halogens is 1. The van der Waals surface area contributed by atoms with Crippen LogP contribution in [0, 0.1) is 0 Å². The standard InChI is InChI=1S/C16H20ClN5O3/c1-10(18-16(24)25)14-19-12-5-3-4-11(17)13(12)15(23)22(14)21-8-6-20(2)7-9-21/h3-5,10,18H,6-9H2,1-2H3,(H,24,25). The second-order valence-electron chi connectivity index (χ2n) is 6.15. The molecular formula is C16H20ClN5O3. The van der Waals surface area contributed by atoms with Crippen LogP contribution in [0.5, 0.6) is 0 Å². The SMILES string of the molecule is CC(NC(=O)O)c1nc2cccc(Cl)c2c(=O)n1N1CCN(C)CC1. The maximum atomic E-state index is 13.1. The Bertz CT molecular complexity index is 861. The molecule has 1 amide bonds. The fraction of sp³-hybridized carbons (Fsp3) is 0.438. The van der Waals surface area contributed by atoms with Gasteiger partial charge < -0.3 is 20.3 Å². The Hall–Kier alpha value is -2.32. The highest BCUT2D eigenvalue weighted by Crippen LogP contribution is 2.21. The third kappa shape index (κ3) is 3.40. The predicted octanol–water partition coefficient (Wildman–Crippen LogP) is 1.26. The molecule has 1 atom stereocenters. The summed E-state index contributed by atoms with van der Waals surface area (Å²) in [6.07, 6.45) is -1.17. The van der Waals surface area contributed by atoms with Crippen molar-refractivity contribution in [3.05, 3.63) is 39.4 Å². The Morgan fingerprint density at radius 1 is 1.32 bits per heavy atom. The number of hydrogen-bond acceptors (Lipinski definition) is 5. The monoisotopic (exact) mass is 365 g/mol. The van der Waals surface area contributed by atoms with Crippen LogP contribution in [0.1, 0.15) is 18.8 Å². The second-order valence-corrected chi connectivity index (χ2v) is 6.56. The second kappa shape index (κ2) is 6.89. The Morgan fingerprint density at radius 3 is 2.64 bits per heavy atom. The van der Waals surface area contributed by atoms with E-state index in [2.05, 4.69) is 15.2 Å². The zero-order valence-corrected chi connectivity index (χ0v) is 14.8. The van der Waals surface area contributed by atoms with Crippen LogP contribution in [0.2, 0.25) is 5.02 Å². The zero-order chi connectivity index (χ0) is 18.1. The molecule has 1 aromatic heterocycles. The number of hydrogen-bond donors (Lipinski definition) is 2. The Labute approximate surface area is 149 Å². The maximum Gasteiger partial charge on any atom is 0.405 e. The van der Waals surface area contributed by atoms with Crippen LogP contribution in [0.3, 0.4) is 0 Å². The Balaban J connectivity index is 2.19. The topological polar surface area (TPSA) is 90.7 Å². The van der Waals surface area contributed by atoms with Crippen molar-refractivity contribution in [2.75, 3.05) is 38.2 Å². The number of fused-ring (bicyclic) bond motifs is 1. The first-order valence-electron chi connectivity index (χ1n) is 8.03. The average molecular weight is 366 g/mol. The van der Waals surface area contributed by atoms with Gasteiger partial charge in [-0.3, -0.25) is 4.79 Å². The molecule has 0 spiro atoms. The van der Waals surface area contributed by atoms with Gasteiger partial charge in [0.15, 0.2) is 5.82 Å². The van der Waals surface area contributed by atoms with E-state index in [-0.39, 0.29) is 5.56 Å². The molecule has 2 heterocycles. The molecule has 1 saturated heterocycles. The minimum atomic E-state index is -1.17. The van der Waals surface area contributed by atoms with E-state index in [1.165, 1.54) is 4.68 Å². The van der Waals surface area contributed by atoms with Crippen LogP contribution in [0.4, 0.5) is 4.79 Å². The van der Waals surface area contributed by atoms with Gasteiger partial charge in [0.1, 0.15) is 0 Å². The van der Waals surface area contributed by atoms with E-state index in [1.54, 1.807) is 25.1 Å². The van der Waals surface area contributed by atoms with E-state index >= 15 is 0 Å². The first-order chi connectivity index (χ1) is 11.9. The largest absolute Gasteiger partial charge is 0.465 e. The van der Waals surface area contributed by atoms with Crippen molar-refractivity contribution in [3.8, 4) is 0 Å². The summed E-state index contributed by atoms with van der Waals surface area (Å²) in [5.41, 5.74) is 0.172. The number of carbonyl (C=O) groups is 1. The summed E-state index contributed by atoms with van der Waals surface area (Å²) >= 11 is 6.22. The third-order valence-corrected chi connectivity index (χ3v) is 4.65. The van der Waals surface area contributed by atoms with Crippen LogP contribution in [0.15, 0.2) is 23.0 Å². The van der Waals surface area contributed by atoms with Crippen LogP contribution in [0.25, 0.3) is 10.9 Å². The molecule has 0 radical (unpaired) electrons. The van der Waals surface area contributed by atoms with E-state index in [0.29, 0.717) is 34.8 Å². The van der Waals surface area contributed by atoms with Gasteiger partial charge in [-0.2, -0.15) is 0 Å². The van der Waals surface area contributed by atoms with Gasteiger partial charge in [0.25, 0.3) is 5.56 Å². The quantitative estimate of drug-likeness (QED) is 0.851. The van der Waals surface area contributed by atoms with Crippen molar-refractivity contribution >= 4 is 28.6 Å². The van der Waals surface area contributed by atoms with Crippen LogP contribution in [-0.2, 0) is 0 Å². The zero-order valence-electron chi connectivity index (χ0n) is 14.1. The molecule has 1 fully saturated rings. The van der Waals surface area contributed by atoms with Crippen molar-refractivity contribution in [2.45, 2.75) is 13.0 Å². The molecule has 3 rings (SSSR count). The summed E-state index contributed by atoms with van der Waals surface area (Å²) in [4.78, 5) is 30.9. The predicted molar refractivity (Wildman–Crippen MR) is 96.0 cm³/mol. The molecule has 25 heavy (non-hydrogen) atoms. The van der Waals surface area contributed by atoms with Crippen LogP contribution < -0.4 is 15.9 Å². The summed E-state index contributed by atoms with van der Waals surface area (Å²) < 4.78 is 1.47. The van der Waals surface area contributed by atoms with Crippen molar-refractivity contribution in [2.24, 2.45) is 0 Å². The van der Waals surface area contributed by atoms with Crippen molar-refractivity contribution in [1.29, 1.82) is 0 Å². The van der Waals surface area contributed by atoms with E-state index in [9.17, 15) is 9.59 Å². The highest BCUT2D eigenvalue weighted by Gasteiger charge is 2.24. The summed E-state index contributed by atoms with van der Waals surface area (Å²) in [6.45, 7) is 4.54. The summed E-state index contributed by atoms with van der Waals surface area (Å²) in [5, 5.41) is 14.0. The normalized spacial score (nSPS) is 16.8. The number of carboxylic acid groups (broad SMARTS) is 1. The number of benzene rings is 1. The maximum absolute atomic E-state index is 13.1. The van der Waals surface area contributed by atoms with E-state index in [4.69, 9.17) is 16.7 Å². The highest BCUT2D eigenvalue weighted by atomic mass is 35.5. The Kier molecular flexibility index (Phi) is 4.82. The summed E-state index contributed by atoms with van der Waals surface area (Å²) in [5.74, 6) is 0.353. The van der Waals surface area contributed by atoms with Gasteiger partial charge in [-0.1, -0.05) is 17.7 Å². The van der Waals surface area contributed by atoms with Gasteiger partial charge in [-0.05, 0) is 26.1 Å². The first kappa shape index (κ1) is 17.5. The molecule has 134 valence electrons. The van der Waals surface area contributed by atoms with E-state index in [1.807, 2.05) is 12.1 Å². The molecule has 0 saturated carbocycles. The molecule has 1 aliphatic rings. The number of nitrogens with one attached hydrogen (secondary N) is 1. The highest BCUT2D eigenvalue weighted by molar-refractivity contribution is 6.35. The van der Waals surface area contributed by atoms with Crippen molar-refractivity contribution in [3.63, 3.8) is 0 Å². The van der Waals surface area contributed by atoms with Gasteiger partial charge in [-0.25, -0.2) is 14.5 Å². The number of aromatic nitrogens is 2. The lowest BCUT2D eigenvalue weighted by Gasteiger charge is -2.36. The number of amides is 1. The minimum absolute atomic E-state index is 0.283. The van der Waals surface area contributed by atoms with Gasteiger partial charge >= 0.3 is 6.09 Å². The summed E-state index contributed by atoms with van der Waals surface area (Å²) in [7, 11) is 2.02. The van der Waals surface area contributed by atoms with Crippen LogP contribution >= 0.6 is 11.6 Å². The smallest absolute Gasteiger partial charge is 0.405 e. The van der Waals surface area contributed by atoms with Gasteiger partial charge in [0.05, 0.1) is 22.0 Å². The lowest BCUT2D eigenvalue weighted by molar-refractivity contribution is 0.189. The minimum Gasteiger partial charge on any atom is -0.465 e. The lowest BCUT2D eigenvalue weighted by atomic mass is 10.2. The van der Waals surface area contributed by atoms with Gasteiger partial charge in [0.2, 0.25) is 0 Å². The molecule has 1 aliphatic heterocycles. The molecular weight excluding hydrogens is 346 g/mol. The van der Waals surface area contributed by atoms with Gasteiger partial charge in [-0.15, -0.1) is 0 Å². The fourth-order valence-electron chi connectivity index (χ4n) is 3.00. The molecule has 0 bridgehead atoms. The number of piperazine rings is 1. The van der Waals surface area contributed by atoms with Crippen molar-refractivity contribution < 1.29 is 9.90 Å². The average Bonchev–Trinajstić information content (AvgIpc) is 2.55. The molecule has 2 aromatic rings. The Morgan fingerprint density at radius 2 is 2.00 bits per heavy atom. The van der Waals surface area contributed by atoms with Gasteiger partial charge in [0, 0.05) is 26.2 Å². The molecule has 1 unspecified atom stereocenters. The number of nitrogens with zero attached hydrogens (tertiary/aromatic N) is 4. The molecule has 8 nitrogen and oxygen atoms in total. The van der Waals surface area contributed by atoms with Crippen LogP contribution in [-0.4, -0.2) is 59.0 Å². The van der Waals surface area contributed by atoms with E-state index < -0.39 is 12.1 Å². The molecule has 1 aromatic carbocycles. The summed E-state index contributed by atoms with van der Waals surface area (Å²) in [6, 6.07) is 4.43. The fourth-order valence-corrected chi connectivity index (χ4v) is 3.25. The lowest BCUT2D eigenvalue weighted by Crippen LogP contribution is -2.54. The van der Waals surface area contributed by atoms with E-state index in [0.717, 1.165) is 13.1 Å². The van der Waals surface area contributed by atoms with Crippen molar-refractivity contribution in [1.82, 2.24) is 19.9 Å². The first-order valence-corrected chi connectivity index (χ1v) is 8.40. The third-order valence-electron chi connectivity index (χ3n) is 4.34. The molecule has 0 aliphatic carbocycles. The molecule has 2 N–H and O–H groups in total. The number of rotatable bonds is 3.